The van der Waals surface area contributed by atoms with Crippen LogP contribution in [0.4, 0.5) is 0 Å². The molecule has 24 heavy (non-hydrogen) atoms. The quantitative estimate of drug-likeness (QED) is 0.515. The maximum atomic E-state index is 12.9. The Morgan fingerprint density at radius 2 is 1.75 bits per heavy atom. The number of nitrogens with zero attached hydrogens (tertiary/aromatic N) is 4. The van der Waals surface area contributed by atoms with Crippen molar-refractivity contribution in [3.05, 3.63) is 59.2 Å². The highest BCUT2D eigenvalue weighted by atomic mass is 35.5. The fourth-order valence-corrected chi connectivity index (χ4v) is 3.98. The predicted octanol–water partition coefficient (Wildman–Crippen LogP) is 3.07. The van der Waals surface area contributed by atoms with Gasteiger partial charge >= 0.3 is 0 Å². The highest BCUT2D eigenvalue weighted by Gasteiger charge is 2.26. The van der Waals surface area contributed by atoms with Gasteiger partial charge in [0.2, 0.25) is 14.9 Å². The molecule has 0 radical (unpaired) electrons. The van der Waals surface area contributed by atoms with Crippen LogP contribution in [0.25, 0.3) is 16.6 Å². The summed E-state index contributed by atoms with van der Waals surface area (Å²) in [5, 5.41) is 8.50. The first-order chi connectivity index (χ1) is 11.5. The van der Waals surface area contributed by atoms with E-state index in [-0.39, 0.29) is 20.7 Å². The summed E-state index contributed by atoms with van der Waals surface area (Å²) < 4.78 is 27.1. The first kappa shape index (κ1) is 15.0. The molecule has 0 aliphatic rings. The molecule has 2 aromatic heterocycles. The van der Waals surface area contributed by atoms with Gasteiger partial charge in [0, 0.05) is 5.39 Å². The highest BCUT2D eigenvalue weighted by molar-refractivity contribution is 7.91. The Kier molecular flexibility index (Phi) is 3.29. The van der Waals surface area contributed by atoms with Gasteiger partial charge in [0.05, 0.1) is 10.4 Å². The van der Waals surface area contributed by atoms with Crippen LogP contribution < -0.4 is 0 Å². The van der Waals surface area contributed by atoms with Crippen LogP contribution in [0.2, 0.25) is 5.15 Å². The molecule has 0 bridgehead atoms. The van der Waals surface area contributed by atoms with Gasteiger partial charge in [-0.3, -0.25) is 0 Å². The standard InChI is InChI=1S/C16H11ClN4O2S/c1-10-6-8-11(9-7-10)24(22,23)16-15-18-14(17)12-4-2-3-5-13(12)21(15)20-19-16/h2-9H,1H3. The molecular formula is C16H11ClN4O2S. The largest absolute Gasteiger partial charge is 0.229 e. The van der Waals surface area contributed by atoms with E-state index in [4.69, 9.17) is 11.6 Å². The molecule has 0 aliphatic heterocycles. The van der Waals surface area contributed by atoms with E-state index in [1.54, 1.807) is 36.4 Å². The number of benzene rings is 2. The summed E-state index contributed by atoms with van der Waals surface area (Å²) in [6.45, 7) is 1.89. The van der Waals surface area contributed by atoms with Crippen LogP contribution in [0.3, 0.4) is 0 Å². The molecule has 4 aromatic rings. The molecule has 0 unspecified atom stereocenters. The molecule has 120 valence electrons. The van der Waals surface area contributed by atoms with Crippen molar-refractivity contribution in [1.82, 2.24) is 19.8 Å². The van der Waals surface area contributed by atoms with Gasteiger partial charge < -0.3 is 0 Å². The zero-order valence-electron chi connectivity index (χ0n) is 12.5. The van der Waals surface area contributed by atoms with Crippen LogP contribution in [-0.4, -0.2) is 28.2 Å². The number of sulfone groups is 1. The molecule has 6 nitrogen and oxygen atoms in total. The SMILES string of the molecule is Cc1ccc(S(=O)(=O)c2nnn3c2nc(Cl)c2ccccc23)cc1. The van der Waals surface area contributed by atoms with E-state index in [1.165, 1.54) is 4.52 Å². The molecule has 4 rings (SSSR count). The summed E-state index contributed by atoms with van der Waals surface area (Å²) in [7, 11) is -3.84. The summed E-state index contributed by atoms with van der Waals surface area (Å²) in [5.41, 5.74) is 1.72. The molecule has 0 saturated heterocycles. The van der Waals surface area contributed by atoms with Crippen molar-refractivity contribution in [2.75, 3.05) is 0 Å². The monoisotopic (exact) mass is 358 g/mol. The van der Waals surface area contributed by atoms with Crippen molar-refractivity contribution in [3.63, 3.8) is 0 Å². The van der Waals surface area contributed by atoms with Gasteiger partial charge in [-0.15, -0.1) is 5.10 Å². The topological polar surface area (TPSA) is 77.2 Å². The van der Waals surface area contributed by atoms with Gasteiger partial charge in [0.15, 0.2) is 5.65 Å². The molecule has 0 spiro atoms. The van der Waals surface area contributed by atoms with E-state index >= 15 is 0 Å². The molecule has 0 amide bonds. The lowest BCUT2D eigenvalue weighted by molar-refractivity contribution is 0.592. The lowest BCUT2D eigenvalue weighted by Crippen LogP contribution is -2.04. The first-order valence-electron chi connectivity index (χ1n) is 7.10. The number of hydrogen-bond acceptors (Lipinski definition) is 5. The number of fused-ring (bicyclic) bond motifs is 3. The third-order valence-corrected chi connectivity index (χ3v) is 5.72. The fraction of sp³-hybridized carbons (Fsp3) is 0.0625. The van der Waals surface area contributed by atoms with Crippen molar-refractivity contribution in [1.29, 1.82) is 0 Å². The number of halogens is 1. The molecule has 0 saturated carbocycles. The summed E-state index contributed by atoms with van der Waals surface area (Å²) in [4.78, 5) is 4.34. The summed E-state index contributed by atoms with van der Waals surface area (Å²) in [6, 6.07) is 13.8. The lowest BCUT2D eigenvalue weighted by atomic mass is 10.2. The Bertz CT molecular complexity index is 1180. The van der Waals surface area contributed by atoms with E-state index < -0.39 is 9.84 Å². The minimum atomic E-state index is -3.84. The van der Waals surface area contributed by atoms with Crippen LogP contribution >= 0.6 is 11.6 Å². The minimum Gasteiger partial charge on any atom is -0.217 e. The third-order valence-electron chi connectivity index (χ3n) is 3.76. The highest BCUT2D eigenvalue weighted by Crippen LogP contribution is 2.27. The molecule has 0 aliphatic carbocycles. The number of hydrogen-bond donors (Lipinski definition) is 0. The zero-order valence-corrected chi connectivity index (χ0v) is 14.1. The zero-order chi connectivity index (χ0) is 16.9. The number of para-hydroxylation sites is 1. The second-order valence-corrected chi connectivity index (χ2v) is 7.59. The van der Waals surface area contributed by atoms with Crippen molar-refractivity contribution < 1.29 is 8.42 Å². The second-order valence-electron chi connectivity index (χ2n) is 5.37. The Morgan fingerprint density at radius 3 is 2.50 bits per heavy atom. The Morgan fingerprint density at radius 1 is 1.04 bits per heavy atom. The predicted molar refractivity (Wildman–Crippen MR) is 89.9 cm³/mol. The summed E-state index contributed by atoms with van der Waals surface area (Å²) in [6.07, 6.45) is 0. The summed E-state index contributed by atoms with van der Waals surface area (Å²) in [5.74, 6) is 0. The van der Waals surface area contributed by atoms with Crippen LogP contribution in [0.1, 0.15) is 5.56 Å². The van der Waals surface area contributed by atoms with E-state index in [2.05, 4.69) is 15.3 Å². The maximum Gasteiger partial charge on any atom is 0.229 e. The first-order valence-corrected chi connectivity index (χ1v) is 8.96. The lowest BCUT2D eigenvalue weighted by Gasteiger charge is -2.04. The normalized spacial score (nSPS) is 12.1. The van der Waals surface area contributed by atoms with Crippen LogP contribution in [-0.2, 0) is 9.84 Å². The molecule has 0 atom stereocenters. The smallest absolute Gasteiger partial charge is 0.217 e. The number of rotatable bonds is 2. The molecule has 2 heterocycles. The third kappa shape index (κ3) is 2.16. The second kappa shape index (κ2) is 5.25. The molecular weight excluding hydrogens is 348 g/mol. The van der Waals surface area contributed by atoms with E-state index in [0.717, 1.165) is 5.56 Å². The average Bonchev–Trinajstić information content (AvgIpc) is 3.00. The van der Waals surface area contributed by atoms with E-state index in [9.17, 15) is 8.42 Å². The van der Waals surface area contributed by atoms with Crippen LogP contribution in [0.15, 0.2) is 58.5 Å². The van der Waals surface area contributed by atoms with Gasteiger partial charge in [-0.05, 0) is 31.2 Å². The molecule has 8 heteroatoms. The summed E-state index contributed by atoms with van der Waals surface area (Å²) >= 11 is 6.21. The molecule has 2 aromatic carbocycles. The Labute approximate surface area is 142 Å². The van der Waals surface area contributed by atoms with Gasteiger partial charge in [-0.1, -0.05) is 46.6 Å². The minimum absolute atomic E-state index is 0.110. The van der Waals surface area contributed by atoms with Crippen molar-refractivity contribution >= 4 is 38.0 Å². The maximum absolute atomic E-state index is 12.9. The average molecular weight is 359 g/mol. The molecule has 0 fully saturated rings. The van der Waals surface area contributed by atoms with Crippen molar-refractivity contribution in [2.24, 2.45) is 0 Å². The van der Waals surface area contributed by atoms with E-state index in [1.807, 2.05) is 19.1 Å². The van der Waals surface area contributed by atoms with Crippen LogP contribution in [0, 0.1) is 6.92 Å². The van der Waals surface area contributed by atoms with Gasteiger partial charge in [0.1, 0.15) is 5.15 Å². The van der Waals surface area contributed by atoms with Gasteiger partial charge in [-0.2, -0.15) is 4.52 Å². The van der Waals surface area contributed by atoms with Gasteiger partial charge in [-0.25, -0.2) is 13.4 Å². The Hall–Kier alpha value is -2.51. The van der Waals surface area contributed by atoms with Crippen LogP contribution in [0.5, 0.6) is 0 Å². The van der Waals surface area contributed by atoms with Gasteiger partial charge in [0.25, 0.3) is 0 Å². The molecule has 0 N–H and O–H groups in total. The number of aromatic nitrogens is 4. The number of aryl methyl sites for hydroxylation is 1. The Balaban J connectivity index is 2.03. The van der Waals surface area contributed by atoms with Crippen molar-refractivity contribution in [3.8, 4) is 0 Å². The fourth-order valence-electron chi connectivity index (χ4n) is 2.51. The van der Waals surface area contributed by atoms with Crippen molar-refractivity contribution in [2.45, 2.75) is 16.8 Å². The van der Waals surface area contributed by atoms with E-state index in [0.29, 0.717) is 10.9 Å².